The number of hydrogen-bond donors (Lipinski definition) is 10. The Morgan fingerprint density at radius 3 is 2.33 bits per heavy atom. The number of aryl methyl sites for hydroxylation is 1. The van der Waals surface area contributed by atoms with E-state index in [4.69, 9.17) is 74.2 Å². The Balaban J connectivity index is 0.771. The summed E-state index contributed by atoms with van der Waals surface area (Å²) >= 11 is 5.31. The molecule has 6 rings (SSSR count). The van der Waals surface area contributed by atoms with Crippen LogP contribution in [0.3, 0.4) is 0 Å². The van der Waals surface area contributed by atoms with E-state index >= 15 is 0 Å². The lowest BCUT2D eigenvalue weighted by molar-refractivity contribution is -0.0545. The number of carbonyl (C=O) groups excluding carboxylic acids is 3. The highest BCUT2D eigenvalue weighted by atomic mass is 33.1. The van der Waals surface area contributed by atoms with Crippen molar-refractivity contribution in [3.05, 3.63) is 104 Å². The summed E-state index contributed by atoms with van der Waals surface area (Å²) in [6.45, 7) is 8.98. The number of alkyl carbamates (subject to hydrolysis) is 2. The van der Waals surface area contributed by atoms with Gasteiger partial charge in [-0.2, -0.15) is 8.62 Å². The Morgan fingerprint density at radius 1 is 0.879 bits per heavy atom. The molecule has 500 valence electrons. The minimum absolute atomic E-state index is 0.0252. The van der Waals surface area contributed by atoms with Crippen molar-refractivity contribution >= 4 is 100 Å². The first-order valence-corrected chi connectivity index (χ1v) is 37.2. The molecule has 0 radical (unpaired) electrons. The lowest BCUT2D eigenvalue weighted by Gasteiger charge is -2.22. The van der Waals surface area contributed by atoms with E-state index < -0.39 is 81.4 Å². The SMILES string of the molecule is CCS(=S)CO[C@@H]1C[C@H](n2cc(C#CCNC(=O)OCCCCOCSSC(C)(C)CCOC(=O)NCCOCCOCCNC(=O)c3ccc(C)c(-c4c5ccc(=N)cc-5oc5cc(N)ccc45)c3)c(=O)[nH]c2=O)O[C@@H]1COP(=O)(O)OP(=O)(O)OP(=O)(O)O. The molecule has 2 aromatic carbocycles. The molecule has 3 aliphatic rings. The molecule has 0 bridgehead atoms. The average Bonchev–Trinajstić information content (AvgIpc) is 1.13. The van der Waals surface area contributed by atoms with Gasteiger partial charge in [-0.25, -0.2) is 28.1 Å². The highest BCUT2D eigenvalue weighted by Gasteiger charge is 2.44. The Bertz CT molecular complexity index is 3710. The molecule has 1 saturated heterocycles. The number of aromatic amines is 1. The fourth-order valence-corrected chi connectivity index (χ4v) is 14.3. The smallest absolute Gasteiger partial charge is 0.456 e. The molecule has 37 heteroatoms. The zero-order valence-electron chi connectivity index (χ0n) is 49.8. The first-order chi connectivity index (χ1) is 43.1. The number of carbonyl (C=O) groups is 3. The summed E-state index contributed by atoms with van der Waals surface area (Å²) in [5, 5.41) is 17.3. The van der Waals surface area contributed by atoms with Gasteiger partial charge in [0.25, 0.3) is 11.5 Å². The maximum Gasteiger partial charge on any atom is 0.490 e. The number of rotatable bonds is 36. The monoisotopic (exact) mass is 1410 g/mol. The molecule has 1 aromatic heterocycles. The lowest BCUT2D eigenvalue weighted by atomic mass is 9.90. The number of nitrogen functional groups attached to an aromatic ring is 1. The third-order valence-corrected chi connectivity index (χ3v) is 21.6. The Labute approximate surface area is 537 Å². The van der Waals surface area contributed by atoms with Crippen LogP contribution in [0.15, 0.2) is 74.8 Å². The van der Waals surface area contributed by atoms with Crippen LogP contribution in [0, 0.1) is 24.2 Å². The second kappa shape index (κ2) is 35.8. The quantitative estimate of drug-likeness (QED) is 0.00413. The van der Waals surface area contributed by atoms with Crippen molar-refractivity contribution in [1.29, 1.82) is 5.41 Å². The maximum absolute atomic E-state index is 13.2. The van der Waals surface area contributed by atoms with Crippen LogP contribution in [0.5, 0.6) is 0 Å². The van der Waals surface area contributed by atoms with Crippen LogP contribution in [-0.4, -0.2) is 154 Å². The molecule has 2 aliphatic heterocycles. The van der Waals surface area contributed by atoms with E-state index in [9.17, 15) is 47.5 Å². The minimum Gasteiger partial charge on any atom is -0.456 e. The van der Waals surface area contributed by atoms with Crippen LogP contribution in [0.25, 0.3) is 33.4 Å². The average molecular weight is 1410 g/mol. The number of nitrogens with one attached hydrogen (secondary N) is 5. The van der Waals surface area contributed by atoms with Gasteiger partial charge in [-0.1, -0.05) is 55.9 Å². The van der Waals surface area contributed by atoms with Crippen LogP contribution >= 0.6 is 45.1 Å². The maximum atomic E-state index is 13.2. The van der Waals surface area contributed by atoms with Gasteiger partial charge in [-0.15, -0.1) is 0 Å². The molecule has 1 aliphatic carbocycles. The molecule has 0 spiro atoms. The van der Waals surface area contributed by atoms with Crippen LogP contribution in [0.1, 0.15) is 74.2 Å². The van der Waals surface area contributed by atoms with E-state index in [-0.39, 0.29) is 87.9 Å². The van der Waals surface area contributed by atoms with E-state index in [1.54, 1.807) is 41.1 Å². The number of H-pyrrole nitrogens is 1. The van der Waals surface area contributed by atoms with Gasteiger partial charge in [-0.05, 0) is 104 Å². The van der Waals surface area contributed by atoms with Gasteiger partial charge in [-0.3, -0.25) is 23.7 Å². The number of nitrogens with zero attached hydrogens (tertiary/aromatic N) is 1. The fourth-order valence-electron chi connectivity index (χ4n) is 8.35. The topological polar surface area (TPSA) is 430 Å². The number of benzene rings is 3. The Morgan fingerprint density at radius 2 is 1.59 bits per heavy atom. The zero-order valence-corrected chi connectivity index (χ0v) is 55.7. The van der Waals surface area contributed by atoms with Gasteiger partial charge in [0.2, 0.25) is 0 Å². The summed E-state index contributed by atoms with van der Waals surface area (Å²) in [5.41, 5.74) is 9.16. The molecule has 3 aromatic rings. The van der Waals surface area contributed by atoms with E-state index in [2.05, 4.69) is 41.4 Å². The van der Waals surface area contributed by atoms with E-state index in [1.807, 2.05) is 52.0 Å². The van der Waals surface area contributed by atoms with Gasteiger partial charge in [0, 0.05) is 77.0 Å². The minimum atomic E-state index is -5.81. The van der Waals surface area contributed by atoms with E-state index in [1.165, 1.54) is 10.8 Å². The highest BCUT2D eigenvalue weighted by molar-refractivity contribution is 8.77. The third-order valence-electron chi connectivity index (χ3n) is 12.8. The van der Waals surface area contributed by atoms with Gasteiger partial charge in [0.15, 0.2) is 0 Å². The molecule has 11 N–H and O–H groups in total. The Hall–Kier alpha value is -5.34. The highest BCUT2D eigenvalue weighted by Crippen LogP contribution is 2.66. The molecule has 30 nitrogen and oxygen atoms in total. The summed E-state index contributed by atoms with van der Waals surface area (Å²) in [6.07, 6.45) is -2.11. The van der Waals surface area contributed by atoms with Crippen molar-refractivity contribution in [2.75, 3.05) is 95.9 Å². The number of phosphoric ester groups is 1. The number of fused-ring (bicyclic) bond motifs is 2. The van der Waals surface area contributed by atoms with Gasteiger partial charge in [0.1, 0.15) is 35.2 Å². The molecule has 3 unspecified atom stereocenters. The number of phosphoric acid groups is 3. The van der Waals surface area contributed by atoms with Crippen molar-refractivity contribution < 1.29 is 98.4 Å². The largest absolute Gasteiger partial charge is 0.490 e. The third kappa shape index (κ3) is 25.5. The van der Waals surface area contributed by atoms with Gasteiger partial charge < -0.3 is 84.2 Å². The second-order valence-electron chi connectivity index (χ2n) is 20.3. The number of aromatic nitrogens is 2. The lowest BCUT2D eigenvalue weighted by Crippen LogP contribution is -2.34. The van der Waals surface area contributed by atoms with Crippen LogP contribution < -0.4 is 38.3 Å². The van der Waals surface area contributed by atoms with Gasteiger partial charge in [0.05, 0.1) is 70.2 Å². The normalized spacial score (nSPS) is 16.7. The number of nitrogens with two attached hydrogens (primary N) is 1. The second-order valence-corrected chi connectivity index (χ2v) is 30.7. The van der Waals surface area contributed by atoms with Crippen molar-refractivity contribution in [3.8, 4) is 34.3 Å². The van der Waals surface area contributed by atoms with Crippen LogP contribution in [0.2, 0.25) is 0 Å². The number of hydrogen-bond acceptors (Lipinski definition) is 24. The van der Waals surface area contributed by atoms with Crippen molar-refractivity contribution in [2.45, 2.75) is 76.6 Å². The van der Waals surface area contributed by atoms with E-state index in [0.29, 0.717) is 65.5 Å². The molecule has 91 heavy (non-hydrogen) atoms. The number of ether oxygens (including phenoxy) is 7. The van der Waals surface area contributed by atoms with Crippen LogP contribution in [-0.2, 0) is 80.6 Å². The molecule has 0 saturated carbocycles. The first-order valence-electron chi connectivity index (χ1n) is 27.9. The first kappa shape index (κ1) is 74.7. The Kier molecular flexibility index (Phi) is 29.4. The molecule has 1 fully saturated rings. The summed E-state index contributed by atoms with van der Waals surface area (Å²) < 4.78 is 93.3. The predicted octanol–water partition coefficient (Wildman–Crippen LogP) is 6.07. The van der Waals surface area contributed by atoms with Gasteiger partial charge >= 0.3 is 41.3 Å². The molecule has 3 heterocycles. The molecule has 3 amide bonds. The number of unbranched alkanes of at least 4 members (excludes halogenated alkanes) is 1. The standard InChI is InChI=1S/C54H72N7O23P3S4/c1-5-91(88)34-79-45-30-47(82-46(45)32-80-86(70,71)84-87(72,73)83-85(67,68)69)61-31-37(50(63)60-51(61)64)9-8-17-58-52(65)77-21-7-6-20-76-33-89-90-54(3,4)16-22-78-53(66)59-19-24-75-26-25-74-23-18-57-49(62)36-11-10-35(2)42(27-36)48-40-14-12-38(55)28-43(40)81-44-29-39(56)13-15-41(44)48/h10-15,27-29,31,45-47,55H,5-7,16-26,30,32-34,56H2,1-4H3,(H,57,62)(H,58,65)(H,59,66)(H,70,71)(H,72,73)(H,60,63,64)(H2,67,68,69)/t45-,46-,47-,91?/m1/s1. The fraction of sp³-hybridized carbons (Fsp3) is 0.481. The zero-order chi connectivity index (χ0) is 66.4. The summed E-state index contributed by atoms with van der Waals surface area (Å²) in [7, 11) is -14.5. The van der Waals surface area contributed by atoms with Crippen molar-refractivity contribution in [2.24, 2.45) is 0 Å². The summed E-state index contributed by atoms with van der Waals surface area (Å²) in [4.78, 5) is 102. The number of amides is 3. The predicted molar refractivity (Wildman–Crippen MR) is 341 cm³/mol. The molecular weight excluding hydrogens is 1340 g/mol. The molecule has 6 atom stereocenters. The molecular formula is C54H72N7O23P3S4. The van der Waals surface area contributed by atoms with Crippen molar-refractivity contribution in [3.63, 3.8) is 0 Å². The number of anilines is 1. The van der Waals surface area contributed by atoms with Crippen LogP contribution in [0.4, 0.5) is 15.3 Å². The summed E-state index contributed by atoms with van der Waals surface area (Å²) in [6, 6.07) is 16.2. The summed E-state index contributed by atoms with van der Waals surface area (Å²) in [5.74, 6) is 6.40. The van der Waals surface area contributed by atoms with Crippen molar-refractivity contribution in [1.82, 2.24) is 25.5 Å². The van der Waals surface area contributed by atoms with E-state index in [0.717, 1.165) is 38.4 Å².